The maximum atomic E-state index is 13.2. The first-order valence-electron chi connectivity index (χ1n) is 9.99. The van der Waals surface area contributed by atoms with Crippen LogP contribution in [0.15, 0.2) is 66.9 Å². The largest absolute Gasteiger partial charge is 0.389 e. The van der Waals surface area contributed by atoms with E-state index in [1.54, 1.807) is 4.90 Å². The molecule has 30 heavy (non-hydrogen) atoms. The number of aromatic nitrogens is 2. The van der Waals surface area contributed by atoms with Gasteiger partial charge in [-0.25, -0.2) is 0 Å². The molecule has 154 valence electrons. The van der Waals surface area contributed by atoms with Gasteiger partial charge in [0.2, 0.25) is 5.91 Å². The summed E-state index contributed by atoms with van der Waals surface area (Å²) in [6.07, 6.45) is 1.37. The van der Waals surface area contributed by atoms with Gasteiger partial charge >= 0.3 is 0 Å². The minimum absolute atomic E-state index is 0.0654. The molecule has 0 aliphatic carbocycles. The number of benzene rings is 2. The van der Waals surface area contributed by atoms with E-state index in [2.05, 4.69) is 10.2 Å². The molecule has 4 rings (SSSR count). The van der Waals surface area contributed by atoms with Gasteiger partial charge in [0.15, 0.2) is 0 Å². The predicted molar refractivity (Wildman–Crippen MR) is 113 cm³/mol. The Morgan fingerprint density at radius 2 is 1.77 bits per heavy atom. The smallest absolute Gasteiger partial charge is 0.258 e. The highest BCUT2D eigenvalue weighted by Crippen LogP contribution is 2.22. The number of H-pyrrole nitrogens is 1. The summed E-state index contributed by atoms with van der Waals surface area (Å²) in [5.74, 6) is -0.486. The van der Waals surface area contributed by atoms with Gasteiger partial charge in [-0.15, -0.1) is 0 Å². The van der Waals surface area contributed by atoms with Crippen LogP contribution in [0.3, 0.4) is 0 Å². The molecule has 0 spiro atoms. The summed E-state index contributed by atoms with van der Waals surface area (Å²) in [7, 11) is 0. The van der Waals surface area contributed by atoms with Crippen molar-refractivity contribution in [3.63, 3.8) is 0 Å². The second-order valence-corrected chi connectivity index (χ2v) is 7.44. The number of aromatic amines is 1. The highest BCUT2D eigenvalue weighted by atomic mass is 16.3. The molecule has 1 aliphatic rings. The number of rotatable bonds is 5. The lowest BCUT2D eigenvalue weighted by Gasteiger charge is -2.22. The van der Waals surface area contributed by atoms with Crippen LogP contribution in [0.1, 0.15) is 15.9 Å². The van der Waals surface area contributed by atoms with E-state index < -0.39 is 6.10 Å². The molecule has 1 saturated heterocycles. The molecule has 1 unspecified atom stereocenters. The highest BCUT2D eigenvalue weighted by Gasteiger charge is 2.31. The number of hydrogen-bond acceptors (Lipinski definition) is 4. The van der Waals surface area contributed by atoms with E-state index >= 15 is 0 Å². The number of β-amino-alcohol motifs (C(OH)–C–C–N with tert-alkyl or cyclic N) is 1. The normalized spacial score (nSPS) is 17.1. The summed E-state index contributed by atoms with van der Waals surface area (Å²) in [6, 6.07) is 19.3. The van der Waals surface area contributed by atoms with Crippen molar-refractivity contribution in [1.82, 2.24) is 20.0 Å². The van der Waals surface area contributed by atoms with Crippen LogP contribution in [-0.4, -0.2) is 69.2 Å². The van der Waals surface area contributed by atoms with Crippen molar-refractivity contribution in [1.29, 1.82) is 0 Å². The molecule has 7 heteroatoms. The number of carbonyl (C=O) groups excluding carboxylic acids is 2. The number of hydrogen-bond donors (Lipinski definition) is 2. The lowest BCUT2D eigenvalue weighted by Crippen LogP contribution is -2.40. The number of aliphatic hydroxyl groups excluding tert-OH is 1. The molecule has 1 atom stereocenters. The number of carbonyl (C=O) groups is 2. The third kappa shape index (κ3) is 4.41. The summed E-state index contributed by atoms with van der Waals surface area (Å²) >= 11 is 0. The fraction of sp³-hybridized carbons (Fsp3) is 0.261. The van der Waals surface area contributed by atoms with Crippen LogP contribution >= 0.6 is 0 Å². The third-order valence-electron chi connectivity index (χ3n) is 5.27. The van der Waals surface area contributed by atoms with Crippen molar-refractivity contribution in [2.75, 3.05) is 26.2 Å². The predicted octanol–water partition coefficient (Wildman–Crippen LogP) is 1.96. The van der Waals surface area contributed by atoms with Gasteiger partial charge in [-0.2, -0.15) is 5.10 Å². The Morgan fingerprint density at radius 3 is 2.50 bits per heavy atom. The summed E-state index contributed by atoms with van der Waals surface area (Å²) in [4.78, 5) is 29.0. The summed E-state index contributed by atoms with van der Waals surface area (Å²) in [5.41, 5.74) is 2.96. The molecular weight excluding hydrogens is 380 g/mol. The van der Waals surface area contributed by atoms with Gasteiger partial charge in [-0.3, -0.25) is 14.7 Å². The van der Waals surface area contributed by atoms with Crippen LogP contribution in [-0.2, 0) is 11.2 Å². The molecule has 2 amide bonds. The Morgan fingerprint density at radius 1 is 1.07 bits per heavy atom. The molecule has 3 aromatic rings. The zero-order valence-corrected chi connectivity index (χ0v) is 16.6. The Kier molecular flexibility index (Phi) is 5.90. The van der Waals surface area contributed by atoms with Crippen molar-refractivity contribution in [2.45, 2.75) is 12.5 Å². The van der Waals surface area contributed by atoms with Crippen LogP contribution in [0, 0.1) is 0 Å². The fourth-order valence-corrected chi connectivity index (χ4v) is 3.72. The van der Waals surface area contributed by atoms with Crippen molar-refractivity contribution in [2.24, 2.45) is 0 Å². The Labute approximate surface area is 174 Å². The van der Waals surface area contributed by atoms with E-state index in [4.69, 9.17) is 0 Å². The standard InChI is InChI=1S/C23H24N4O3/c28-19-14-26(12-11-17-7-3-1-4-8-17)21(29)16-27(15-19)23(30)20-13-24-25-22(20)18-9-5-2-6-10-18/h1-10,13,19,28H,11-12,14-16H2,(H,24,25). The van der Waals surface area contributed by atoms with Gasteiger partial charge in [-0.05, 0) is 12.0 Å². The monoisotopic (exact) mass is 404 g/mol. The molecule has 0 saturated carbocycles. The molecule has 0 radical (unpaired) electrons. The average Bonchev–Trinajstić information content (AvgIpc) is 3.21. The molecule has 1 aliphatic heterocycles. The Bertz CT molecular complexity index is 1000. The summed E-state index contributed by atoms with van der Waals surface area (Å²) in [6.45, 7) is 0.755. The lowest BCUT2D eigenvalue weighted by molar-refractivity contribution is -0.131. The number of aliphatic hydroxyl groups is 1. The van der Waals surface area contributed by atoms with E-state index in [9.17, 15) is 14.7 Å². The minimum Gasteiger partial charge on any atom is -0.389 e. The van der Waals surface area contributed by atoms with E-state index in [0.717, 1.165) is 11.1 Å². The highest BCUT2D eigenvalue weighted by molar-refractivity contribution is 6.01. The van der Waals surface area contributed by atoms with Gasteiger partial charge in [0.25, 0.3) is 5.91 Å². The number of nitrogens with zero attached hydrogens (tertiary/aromatic N) is 3. The van der Waals surface area contributed by atoms with Crippen molar-refractivity contribution >= 4 is 11.8 Å². The van der Waals surface area contributed by atoms with Crippen LogP contribution in [0.2, 0.25) is 0 Å². The molecular formula is C23H24N4O3. The second-order valence-electron chi connectivity index (χ2n) is 7.44. The molecule has 2 heterocycles. The second kappa shape index (κ2) is 8.92. The Balaban J connectivity index is 1.48. The van der Waals surface area contributed by atoms with E-state index in [-0.39, 0.29) is 31.4 Å². The first kappa shape index (κ1) is 19.8. The first-order valence-corrected chi connectivity index (χ1v) is 9.99. The SMILES string of the molecule is O=C1CN(C(=O)c2cn[nH]c2-c2ccccc2)CC(O)CN1CCc1ccccc1. The Hall–Kier alpha value is -3.45. The summed E-state index contributed by atoms with van der Waals surface area (Å²) in [5, 5.41) is 17.4. The fourth-order valence-electron chi connectivity index (χ4n) is 3.72. The number of nitrogens with one attached hydrogen (secondary N) is 1. The first-order chi connectivity index (χ1) is 14.6. The maximum absolute atomic E-state index is 13.2. The van der Waals surface area contributed by atoms with E-state index in [1.807, 2.05) is 60.7 Å². The van der Waals surface area contributed by atoms with Crippen LogP contribution < -0.4 is 0 Å². The van der Waals surface area contributed by atoms with Crippen molar-refractivity contribution in [3.8, 4) is 11.3 Å². The zero-order valence-electron chi connectivity index (χ0n) is 16.6. The van der Waals surface area contributed by atoms with Gasteiger partial charge in [0.1, 0.15) is 6.54 Å². The van der Waals surface area contributed by atoms with Gasteiger partial charge in [0, 0.05) is 25.2 Å². The van der Waals surface area contributed by atoms with Gasteiger partial charge < -0.3 is 14.9 Å². The van der Waals surface area contributed by atoms with Crippen molar-refractivity contribution < 1.29 is 14.7 Å². The average molecular weight is 404 g/mol. The summed E-state index contributed by atoms with van der Waals surface area (Å²) < 4.78 is 0. The minimum atomic E-state index is -0.803. The third-order valence-corrected chi connectivity index (χ3v) is 5.27. The van der Waals surface area contributed by atoms with Crippen LogP contribution in [0.25, 0.3) is 11.3 Å². The van der Waals surface area contributed by atoms with Crippen LogP contribution in [0.4, 0.5) is 0 Å². The zero-order chi connectivity index (χ0) is 20.9. The topological polar surface area (TPSA) is 89.5 Å². The van der Waals surface area contributed by atoms with Crippen LogP contribution in [0.5, 0.6) is 0 Å². The van der Waals surface area contributed by atoms with Gasteiger partial charge in [0.05, 0.1) is 23.6 Å². The quantitative estimate of drug-likeness (QED) is 0.680. The van der Waals surface area contributed by atoms with Gasteiger partial charge in [-0.1, -0.05) is 60.7 Å². The van der Waals surface area contributed by atoms with E-state index in [0.29, 0.717) is 24.2 Å². The van der Waals surface area contributed by atoms with E-state index in [1.165, 1.54) is 11.1 Å². The molecule has 2 N–H and O–H groups in total. The molecule has 7 nitrogen and oxygen atoms in total. The maximum Gasteiger partial charge on any atom is 0.258 e. The molecule has 2 aromatic carbocycles. The lowest BCUT2D eigenvalue weighted by atomic mass is 10.1. The van der Waals surface area contributed by atoms with Crippen molar-refractivity contribution in [3.05, 3.63) is 78.0 Å². The molecule has 1 fully saturated rings. The molecule has 1 aromatic heterocycles. The molecule has 0 bridgehead atoms. The number of amides is 2.